The molecule has 90 valence electrons. The van der Waals surface area contributed by atoms with Crippen LogP contribution in [0.25, 0.3) is 0 Å². The van der Waals surface area contributed by atoms with Gasteiger partial charge in [0.1, 0.15) is 0 Å². The molecule has 0 bridgehead atoms. The van der Waals surface area contributed by atoms with Gasteiger partial charge < -0.3 is 5.73 Å². The molecule has 2 atom stereocenters. The number of nitrogens with zero attached hydrogens (tertiary/aromatic N) is 1. The summed E-state index contributed by atoms with van der Waals surface area (Å²) in [5.41, 5.74) is 7.06. The number of nitrogens with two attached hydrogens (primary N) is 1. The first-order valence-corrected chi connectivity index (χ1v) is 6.15. The molecule has 0 aliphatic carbocycles. The Morgan fingerprint density at radius 2 is 2.12 bits per heavy atom. The average molecular weight is 241 g/mol. The van der Waals surface area contributed by atoms with Crippen molar-refractivity contribution in [3.8, 4) is 0 Å². The van der Waals surface area contributed by atoms with E-state index in [-0.39, 0.29) is 6.04 Å². The van der Waals surface area contributed by atoms with E-state index in [0.29, 0.717) is 12.6 Å². The van der Waals surface area contributed by atoms with E-state index < -0.39 is 0 Å². The van der Waals surface area contributed by atoms with Crippen LogP contribution in [0.3, 0.4) is 0 Å². The lowest BCUT2D eigenvalue weighted by Crippen LogP contribution is -2.36. The minimum atomic E-state index is 0.244. The van der Waals surface area contributed by atoms with Crippen molar-refractivity contribution in [1.82, 2.24) is 4.90 Å². The molecule has 16 heavy (non-hydrogen) atoms. The second-order valence-corrected chi connectivity index (χ2v) is 4.67. The van der Waals surface area contributed by atoms with E-state index in [0.717, 1.165) is 11.4 Å². The summed E-state index contributed by atoms with van der Waals surface area (Å²) in [6.45, 7) is 5.01. The van der Waals surface area contributed by atoms with Crippen LogP contribution in [0.2, 0.25) is 5.02 Å². The van der Waals surface area contributed by atoms with Crippen LogP contribution in [-0.4, -0.2) is 24.5 Å². The molecule has 1 aromatic carbocycles. The van der Waals surface area contributed by atoms with Crippen molar-refractivity contribution >= 4 is 11.6 Å². The number of hydrogen-bond acceptors (Lipinski definition) is 2. The number of halogens is 1. The van der Waals surface area contributed by atoms with Gasteiger partial charge in [0, 0.05) is 23.7 Å². The normalized spacial score (nSPS) is 15.1. The van der Waals surface area contributed by atoms with Crippen LogP contribution in [0.1, 0.15) is 31.9 Å². The summed E-state index contributed by atoms with van der Waals surface area (Å²) in [5, 5.41) is 0.772. The molecule has 0 aromatic heterocycles. The molecule has 0 heterocycles. The quantitative estimate of drug-likeness (QED) is 0.857. The zero-order chi connectivity index (χ0) is 12.1. The van der Waals surface area contributed by atoms with Crippen molar-refractivity contribution in [3.05, 3.63) is 34.9 Å². The Morgan fingerprint density at radius 3 is 2.62 bits per heavy atom. The van der Waals surface area contributed by atoms with E-state index in [2.05, 4.69) is 31.9 Å². The lowest BCUT2D eigenvalue weighted by molar-refractivity contribution is 0.185. The third-order valence-corrected chi connectivity index (χ3v) is 3.47. The summed E-state index contributed by atoms with van der Waals surface area (Å²) in [4.78, 5) is 2.31. The lowest BCUT2D eigenvalue weighted by Gasteiger charge is -2.32. The molecular weight excluding hydrogens is 220 g/mol. The molecule has 0 fully saturated rings. The monoisotopic (exact) mass is 240 g/mol. The molecule has 0 aliphatic heterocycles. The number of benzene rings is 1. The predicted octanol–water partition coefficient (Wildman–Crippen LogP) is 3.07. The van der Waals surface area contributed by atoms with Crippen LogP contribution in [0.15, 0.2) is 24.3 Å². The molecule has 0 saturated carbocycles. The van der Waals surface area contributed by atoms with E-state index in [9.17, 15) is 0 Å². The average Bonchev–Trinajstić information content (AvgIpc) is 2.29. The second kappa shape index (κ2) is 6.24. The minimum Gasteiger partial charge on any atom is -0.329 e. The van der Waals surface area contributed by atoms with Crippen LogP contribution in [0.5, 0.6) is 0 Å². The fraction of sp³-hybridized carbons (Fsp3) is 0.538. The summed E-state index contributed by atoms with van der Waals surface area (Å²) in [7, 11) is 2.12. The second-order valence-electron chi connectivity index (χ2n) is 4.23. The summed E-state index contributed by atoms with van der Waals surface area (Å²) >= 11 is 6.00. The van der Waals surface area contributed by atoms with Gasteiger partial charge in [-0.2, -0.15) is 0 Å². The predicted molar refractivity (Wildman–Crippen MR) is 70.8 cm³/mol. The highest BCUT2D eigenvalue weighted by Crippen LogP contribution is 2.23. The molecule has 1 aromatic rings. The topological polar surface area (TPSA) is 29.3 Å². The first kappa shape index (κ1) is 13.5. The van der Waals surface area contributed by atoms with Gasteiger partial charge in [0.15, 0.2) is 0 Å². The smallest absolute Gasteiger partial charge is 0.0470 e. The zero-order valence-corrected chi connectivity index (χ0v) is 11.0. The Balaban J connectivity index is 2.89. The largest absolute Gasteiger partial charge is 0.329 e. The van der Waals surface area contributed by atoms with Crippen molar-refractivity contribution in [2.75, 3.05) is 13.6 Å². The summed E-state index contributed by atoms with van der Waals surface area (Å²) in [6.07, 6.45) is 1.12. The first-order valence-electron chi connectivity index (χ1n) is 5.77. The van der Waals surface area contributed by atoms with E-state index >= 15 is 0 Å². The highest BCUT2D eigenvalue weighted by molar-refractivity contribution is 6.30. The fourth-order valence-electron chi connectivity index (χ4n) is 1.85. The molecule has 2 unspecified atom stereocenters. The van der Waals surface area contributed by atoms with Gasteiger partial charge >= 0.3 is 0 Å². The molecule has 0 saturated heterocycles. The van der Waals surface area contributed by atoms with Gasteiger partial charge in [-0.05, 0) is 38.1 Å². The molecule has 0 radical (unpaired) electrons. The van der Waals surface area contributed by atoms with E-state index in [4.69, 9.17) is 17.3 Å². The Hall–Kier alpha value is -0.570. The van der Waals surface area contributed by atoms with Crippen LogP contribution >= 0.6 is 11.6 Å². The van der Waals surface area contributed by atoms with Gasteiger partial charge in [0.2, 0.25) is 0 Å². The lowest BCUT2D eigenvalue weighted by atomic mass is 10.0. The highest BCUT2D eigenvalue weighted by atomic mass is 35.5. The standard InChI is InChI=1S/C13H21ClN2/c1-4-10(2)16(3)13(9-15)11-6-5-7-12(14)8-11/h5-8,10,13H,4,9,15H2,1-3H3. The maximum Gasteiger partial charge on any atom is 0.0470 e. The van der Waals surface area contributed by atoms with Gasteiger partial charge in [-0.3, -0.25) is 4.90 Å². The zero-order valence-electron chi connectivity index (χ0n) is 10.3. The van der Waals surface area contributed by atoms with Crippen LogP contribution in [-0.2, 0) is 0 Å². The minimum absolute atomic E-state index is 0.244. The Kier molecular flexibility index (Phi) is 5.26. The third-order valence-electron chi connectivity index (χ3n) is 3.23. The highest BCUT2D eigenvalue weighted by Gasteiger charge is 2.19. The molecule has 2 nitrogen and oxygen atoms in total. The molecular formula is C13H21ClN2. The van der Waals surface area contributed by atoms with Gasteiger partial charge in [-0.25, -0.2) is 0 Å². The third kappa shape index (κ3) is 3.21. The van der Waals surface area contributed by atoms with E-state index in [1.807, 2.05) is 18.2 Å². The fourth-order valence-corrected chi connectivity index (χ4v) is 2.05. The number of hydrogen-bond donors (Lipinski definition) is 1. The van der Waals surface area contributed by atoms with Crippen molar-refractivity contribution < 1.29 is 0 Å². The summed E-state index contributed by atoms with van der Waals surface area (Å²) in [6, 6.07) is 8.72. The molecule has 0 spiro atoms. The summed E-state index contributed by atoms with van der Waals surface area (Å²) in [5.74, 6) is 0. The first-order chi connectivity index (χ1) is 7.60. The van der Waals surface area contributed by atoms with E-state index in [1.165, 1.54) is 5.56 Å². The van der Waals surface area contributed by atoms with Gasteiger partial charge in [-0.15, -0.1) is 0 Å². The molecule has 0 aliphatic rings. The van der Waals surface area contributed by atoms with Crippen molar-refractivity contribution in [3.63, 3.8) is 0 Å². The van der Waals surface area contributed by atoms with Crippen molar-refractivity contribution in [2.24, 2.45) is 5.73 Å². The maximum atomic E-state index is 6.00. The van der Waals surface area contributed by atoms with Crippen molar-refractivity contribution in [2.45, 2.75) is 32.4 Å². The van der Waals surface area contributed by atoms with Gasteiger partial charge in [-0.1, -0.05) is 30.7 Å². The number of rotatable bonds is 5. The van der Waals surface area contributed by atoms with Crippen LogP contribution in [0.4, 0.5) is 0 Å². The Bertz CT molecular complexity index is 327. The molecule has 2 N–H and O–H groups in total. The van der Waals surface area contributed by atoms with Crippen molar-refractivity contribution in [1.29, 1.82) is 0 Å². The Morgan fingerprint density at radius 1 is 1.44 bits per heavy atom. The van der Waals surface area contributed by atoms with Gasteiger partial charge in [0.05, 0.1) is 0 Å². The molecule has 1 rings (SSSR count). The maximum absolute atomic E-state index is 6.00. The van der Waals surface area contributed by atoms with Crippen LogP contribution < -0.4 is 5.73 Å². The van der Waals surface area contributed by atoms with E-state index in [1.54, 1.807) is 0 Å². The molecule has 3 heteroatoms. The summed E-state index contributed by atoms with van der Waals surface area (Å²) < 4.78 is 0. The Labute approximate surface area is 103 Å². The molecule has 0 amide bonds. The SMILES string of the molecule is CCC(C)N(C)C(CN)c1cccc(Cl)c1. The van der Waals surface area contributed by atoms with Gasteiger partial charge in [0.25, 0.3) is 0 Å². The van der Waals surface area contributed by atoms with Crippen LogP contribution in [0, 0.1) is 0 Å². The number of likely N-dealkylation sites (N-methyl/N-ethyl adjacent to an activating group) is 1.